The van der Waals surface area contributed by atoms with Crippen molar-refractivity contribution in [2.24, 2.45) is 0 Å². The monoisotopic (exact) mass is 281 g/mol. The van der Waals surface area contributed by atoms with E-state index in [9.17, 15) is 5.11 Å². The second kappa shape index (κ2) is 10.1. The smallest absolute Gasteiger partial charge is 0.246 e. The molecule has 1 aromatic carbocycles. The molecule has 1 radical (unpaired) electrons. The van der Waals surface area contributed by atoms with Crippen LogP contribution in [0.15, 0.2) is 30.3 Å². The van der Waals surface area contributed by atoms with E-state index in [0.717, 1.165) is 37.7 Å². The summed E-state index contributed by atoms with van der Waals surface area (Å²) in [5.74, 6) is 0. The van der Waals surface area contributed by atoms with Crippen molar-refractivity contribution >= 4 is 9.04 Å². The van der Waals surface area contributed by atoms with Crippen molar-refractivity contribution in [1.29, 1.82) is 0 Å². The maximum absolute atomic E-state index is 10.4. The fraction of sp³-hybridized carbons (Fsp3) is 0.600. The Kier molecular flexibility index (Phi) is 8.74. The fourth-order valence-corrected chi connectivity index (χ4v) is 3.90. The molecule has 0 heterocycles. The van der Waals surface area contributed by atoms with E-state index >= 15 is 0 Å². The predicted molar refractivity (Wildman–Crippen MR) is 79.3 cm³/mol. The lowest BCUT2D eigenvalue weighted by Crippen LogP contribution is -2.28. The minimum Gasteiger partial charge on any atom is -0.413 e. The van der Waals surface area contributed by atoms with Gasteiger partial charge in [0.25, 0.3) is 0 Å². The maximum Gasteiger partial charge on any atom is 0.246 e. The van der Waals surface area contributed by atoms with Gasteiger partial charge in [-0.15, -0.1) is 0 Å². The average molecular weight is 281 g/mol. The van der Waals surface area contributed by atoms with E-state index in [1.165, 1.54) is 0 Å². The van der Waals surface area contributed by atoms with Gasteiger partial charge in [-0.3, -0.25) is 0 Å². The molecule has 0 aliphatic heterocycles. The first-order chi connectivity index (χ1) is 9.29. The largest absolute Gasteiger partial charge is 0.413 e. The van der Waals surface area contributed by atoms with Crippen molar-refractivity contribution < 1.29 is 14.3 Å². The zero-order valence-corrected chi connectivity index (χ0v) is 13.0. The first kappa shape index (κ1) is 16.4. The van der Waals surface area contributed by atoms with Crippen molar-refractivity contribution in [1.82, 2.24) is 0 Å². The first-order valence-corrected chi connectivity index (χ1v) is 8.78. The van der Waals surface area contributed by atoms with Crippen LogP contribution in [0.3, 0.4) is 0 Å². The van der Waals surface area contributed by atoms with Crippen LogP contribution in [-0.2, 0) is 9.16 Å². The van der Waals surface area contributed by atoms with Crippen LogP contribution in [0.5, 0.6) is 0 Å². The van der Waals surface area contributed by atoms with Gasteiger partial charge in [0, 0.05) is 19.8 Å². The molecule has 1 N–H and O–H groups in total. The van der Waals surface area contributed by atoms with Gasteiger partial charge in [0.1, 0.15) is 0 Å². The van der Waals surface area contributed by atoms with Crippen molar-refractivity contribution in [2.75, 3.05) is 19.8 Å². The molecule has 0 saturated carbocycles. The van der Waals surface area contributed by atoms with Gasteiger partial charge < -0.3 is 14.3 Å². The minimum atomic E-state index is -1.21. The van der Waals surface area contributed by atoms with Crippen molar-refractivity contribution in [3.63, 3.8) is 0 Å². The van der Waals surface area contributed by atoms with E-state index in [1.807, 2.05) is 37.3 Å². The highest BCUT2D eigenvalue weighted by Crippen LogP contribution is 2.20. The lowest BCUT2D eigenvalue weighted by Gasteiger charge is -2.21. The summed E-state index contributed by atoms with van der Waals surface area (Å²) in [6.07, 6.45) is 1.94. The van der Waals surface area contributed by atoms with Gasteiger partial charge in [-0.25, -0.2) is 0 Å². The molecule has 1 atom stereocenters. The third kappa shape index (κ3) is 6.34. The molecule has 107 valence electrons. The fourth-order valence-electron chi connectivity index (χ4n) is 1.86. The standard InChI is InChI=1S/C15H25O3Si/c1-3-13-19(18-12-8-11-17-4-2)15(16)14-9-6-5-7-10-14/h5-7,9-10,15-16H,3-4,8,11-13H2,1-2H3. The van der Waals surface area contributed by atoms with Gasteiger partial charge in [0.2, 0.25) is 9.04 Å². The highest BCUT2D eigenvalue weighted by molar-refractivity contribution is 6.53. The van der Waals surface area contributed by atoms with Crippen LogP contribution >= 0.6 is 0 Å². The Morgan fingerprint density at radius 1 is 1.16 bits per heavy atom. The van der Waals surface area contributed by atoms with E-state index in [4.69, 9.17) is 9.16 Å². The zero-order valence-electron chi connectivity index (χ0n) is 12.0. The predicted octanol–water partition coefficient (Wildman–Crippen LogP) is 3.10. The molecule has 0 spiro atoms. The lowest BCUT2D eigenvalue weighted by atomic mass is 10.2. The van der Waals surface area contributed by atoms with Crippen LogP contribution in [0.4, 0.5) is 0 Å². The second-order valence-electron chi connectivity index (χ2n) is 4.43. The summed E-state index contributed by atoms with van der Waals surface area (Å²) in [6.45, 7) is 6.29. The molecule has 0 bridgehead atoms. The van der Waals surface area contributed by atoms with Gasteiger partial charge in [-0.2, -0.15) is 0 Å². The van der Waals surface area contributed by atoms with Gasteiger partial charge >= 0.3 is 0 Å². The Bertz CT molecular complexity index is 318. The molecule has 3 nitrogen and oxygen atoms in total. The van der Waals surface area contributed by atoms with Gasteiger partial charge in [0.05, 0.1) is 5.73 Å². The maximum atomic E-state index is 10.4. The van der Waals surface area contributed by atoms with E-state index in [0.29, 0.717) is 6.61 Å². The van der Waals surface area contributed by atoms with Crippen LogP contribution in [0.1, 0.15) is 38.0 Å². The second-order valence-corrected chi connectivity index (χ2v) is 6.70. The highest BCUT2D eigenvalue weighted by atomic mass is 28.3. The highest BCUT2D eigenvalue weighted by Gasteiger charge is 2.24. The van der Waals surface area contributed by atoms with E-state index in [2.05, 4.69) is 6.92 Å². The summed E-state index contributed by atoms with van der Waals surface area (Å²) >= 11 is 0. The summed E-state index contributed by atoms with van der Waals surface area (Å²) in [5, 5.41) is 10.4. The van der Waals surface area contributed by atoms with Crippen LogP contribution in [0.25, 0.3) is 0 Å². The summed E-state index contributed by atoms with van der Waals surface area (Å²) < 4.78 is 11.2. The average Bonchev–Trinajstić information content (AvgIpc) is 2.46. The Morgan fingerprint density at radius 2 is 1.89 bits per heavy atom. The molecule has 0 amide bonds. The Balaban J connectivity index is 2.42. The van der Waals surface area contributed by atoms with E-state index in [-0.39, 0.29) is 0 Å². The van der Waals surface area contributed by atoms with E-state index < -0.39 is 14.8 Å². The SMILES string of the molecule is CCC[Si](OCCCOCC)C(O)c1ccccc1. The molecule has 0 aliphatic carbocycles. The Labute approximate surface area is 118 Å². The molecule has 0 fully saturated rings. The Morgan fingerprint density at radius 3 is 2.53 bits per heavy atom. The molecular weight excluding hydrogens is 256 g/mol. The first-order valence-electron chi connectivity index (χ1n) is 7.08. The molecule has 1 rings (SSSR count). The Hall–Kier alpha value is -0.683. The van der Waals surface area contributed by atoms with Crippen molar-refractivity contribution in [2.45, 2.75) is 38.5 Å². The van der Waals surface area contributed by atoms with Crippen LogP contribution in [-0.4, -0.2) is 34.0 Å². The number of ether oxygens (including phenoxy) is 1. The summed E-state index contributed by atoms with van der Waals surface area (Å²) in [4.78, 5) is 0. The van der Waals surface area contributed by atoms with Crippen LogP contribution < -0.4 is 0 Å². The third-order valence-electron chi connectivity index (χ3n) is 2.84. The quantitative estimate of drug-likeness (QED) is 0.529. The van der Waals surface area contributed by atoms with Gasteiger partial charge in [-0.1, -0.05) is 43.7 Å². The van der Waals surface area contributed by atoms with Crippen LogP contribution in [0.2, 0.25) is 6.04 Å². The number of hydrogen-bond donors (Lipinski definition) is 1. The zero-order chi connectivity index (χ0) is 13.9. The van der Waals surface area contributed by atoms with Gasteiger partial charge in [-0.05, 0) is 25.0 Å². The van der Waals surface area contributed by atoms with Crippen LogP contribution in [0, 0.1) is 0 Å². The molecule has 4 heteroatoms. The molecule has 1 aromatic rings. The minimum absolute atomic E-state index is 0.446. The van der Waals surface area contributed by atoms with Crippen molar-refractivity contribution in [3.05, 3.63) is 35.9 Å². The normalized spacial score (nSPS) is 12.8. The molecule has 0 saturated heterocycles. The summed E-state index contributed by atoms with van der Waals surface area (Å²) in [6, 6.07) is 10.8. The molecule has 19 heavy (non-hydrogen) atoms. The number of rotatable bonds is 10. The number of aliphatic hydroxyl groups excluding tert-OH is 1. The number of hydrogen-bond acceptors (Lipinski definition) is 3. The molecular formula is C15H25O3Si. The topological polar surface area (TPSA) is 38.7 Å². The van der Waals surface area contributed by atoms with E-state index in [1.54, 1.807) is 0 Å². The third-order valence-corrected chi connectivity index (χ3v) is 5.35. The number of aliphatic hydroxyl groups is 1. The summed E-state index contributed by atoms with van der Waals surface area (Å²) in [5.41, 5.74) is 0.521. The molecule has 0 aromatic heterocycles. The molecule has 1 unspecified atom stereocenters. The molecule has 0 aliphatic rings. The summed E-state index contributed by atoms with van der Waals surface area (Å²) in [7, 11) is -1.21. The van der Waals surface area contributed by atoms with Gasteiger partial charge in [0.15, 0.2) is 0 Å². The van der Waals surface area contributed by atoms with Crippen molar-refractivity contribution in [3.8, 4) is 0 Å². The number of benzene rings is 1. The lowest BCUT2D eigenvalue weighted by molar-refractivity contribution is 0.126.